The van der Waals surface area contributed by atoms with Gasteiger partial charge in [0.15, 0.2) is 0 Å². The van der Waals surface area contributed by atoms with Gasteiger partial charge in [0.25, 0.3) is 0 Å². The first kappa shape index (κ1) is 8.42. The molecule has 0 aromatic rings. The number of carbonyl (C=O) groups is 1. The molecule has 0 spiro atoms. The van der Waals surface area contributed by atoms with Crippen molar-refractivity contribution in [3.8, 4) is 0 Å². The number of rotatable bonds is 1. The molecule has 2 rings (SSSR count). The van der Waals surface area contributed by atoms with E-state index in [0.717, 1.165) is 12.5 Å². The maximum absolute atomic E-state index is 10.9. The second kappa shape index (κ2) is 3.69. The van der Waals surface area contributed by atoms with E-state index in [9.17, 15) is 4.79 Å². The average molecular weight is 185 g/mol. The Morgan fingerprint density at radius 3 is 2.67 bits per heavy atom. The van der Waals surface area contributed by atoms with Crippen LogP contribution in [0.3, 0.4) is 0 Å². The molecule has 0 aromatic heterocycles. The van der Waals surface area contributed by atoms with Gasteiger partial charge in [-0.05, 0) is 18.8 Å². The second-order valence-electron chi connectivity index (χ2n) is 3.70. The molecule has 1 aliphatic carbocycles. The van der Waals surface area contributed by atoms with E-state index in [1.165, 1.54) is 25.7 Å². The fraction of sp³-hybridized carbons (Fsp3) is 0.889. The van der Waals surface area contributed by atoms with Crippen LogP contribution < -0.4 is 5.32 Å². The Kier molecular flexibility index (Phi) is 2.59. The molecule has 1 N–H and O–H groups in total. The van der Waals surface area contributed by atoms with Gasteiger partial charge in [0.2, 0.25) is 5.91 Å². The zero-order valence-corrected chi connectivity index (χ0v) is 8.03. The number of amides is 1. The van der Waals surface area contributed by atoms with E-state index in [4.69, 9.17) is 0 Å². The molecule has 68 valence electrons. The lowest BCUT2D eigenvalue weighted by atomic mass is 10.0. The first-order valence-electron chi connectivity index (χ1n) is 4.74. The minimum absolute atomic E-state index is 0.217. The Morgan fingerprint density at radius 1 is 1.33 bits per heavy atom. The number of hydrogen-bond acceptors (Lipinski definition) is 2. The largest absolute Gasteiger partial charge is 0.354 e. The van der Waals surface area contributed by atoms with E-state index < -0.39 is 0 Å². The molecule has 2 fully saturated rings. The number of nitrogens with one attached hydrogen (secondary N) is 1. The van der Waals surface area contributed by atoms with E-state index in [1.54, 1.807) is 0 Å². The van der Waals surface area contributed by atoms with Crippen LogP contribution in [0.5, 0.6) is 0 Å². The van der Waals surface area contributed by atoms with Gasteiger partial charge in [0.05, 0.1) is 5.75 Å². The van der Waals surface area contributed by atoms with Crippen LogP contribution in [-0.2, 0) is 4.79 Å². The van der Waals surface area contributed by atoms with Crippen molar-refractivity contribution in [2.24, 2.45) is 5.92 Å². The van der Waals surface area contributed by atoms with Gasteiger partial charge in [-0.3, -0.25) is 4.79 Å². The molecule has 1 aliphatic heterocycles. The molecule has 3 heteroatoms. The molecule has 1 atom stereocenters. The third-order valence-corrected chi connectivity index (χ3v) is 4.26. The van der Waals surface area contributed by atoms with Crippen molar-refractivity contribution in [2.75, 3.05) is 12.3 Å². The van der Waals surface area contributed by atoms with E-state index in [2.05, 4.69) is 5.32 Å². The standard InChI is InChI=1S/C9H15NOS/c11-9-6-12-8(5-10-9)7-3-1-2-4-7/h7-8H,1-6H2,(H,10,11)/t8-/m0/s1. The fourth-order valence-corrected chi connectivity index (χ4v) is 3.35. The minimum atomic E-state index is 0.217. The minimum Gasteiger partial charge on any atom is -0.354 e. The molecule has 1 saturated carbocycles. The van der Waals surface area contributed by atoms with Crippen molar-refractivity contribution in [1.82, 2.24) is 5.32 Å². The monoisotopic (exact) mass is 185 g/mol. The highest BCUT2D eigenvalue weighted by molar-refractivity contribution is 8.00. The van der Waals surface area contributed by atoms with E-state index >= 15 is 0 Å². The third-order valence-electron chi connectivity index (χ3n) is 2.85. The molecular weight excluding hydrogens is 170 g/mol. The second-order valence-corrected chi connectivity index (χ2v) is 4.93. The van der Waals surface area contributed by atoms with Gasteiger partial charge < -0.3 is 5.32 Å². The molecule has 1 saturated heterocycles. The molecular formula is C9H15NOS. The summed E-state index contributed by atoms with van der Waals surface area (Å²) in [5.74, 6) is 1.78. The van der Waals surface area contributed by atoms with Crippen LogP contribution in [0.2, 0.25) is 0 Å². The highest BCUT2D eigenvalue weighted by Gasteiger charge is 2.28. The Bertz CT molecular complexity index is 167. The van der Waals surface area contributed by atoms with E-state index in [1.807, 2.05) is 11.8 Å². The maximum Gasteiger partial charge on any atom is 0.230 e. The van der Waals surface area contributed by atoms with Crippen LogP contribution in [0.1, 0.15) is 25.7 Å². The van der Waals surface area contributed by atoms with Gasteiger partial charge >= 0.3 is 0 Å². The van der Waals surface area contributed by atoms with Crippen LogP contribution in [0.25, 0.3) is 0 Å². The smallest absolute Gasteiger partial charge is 0.230 e. The summed E-state index contributed by atoms with van der Waals surface area (Å²) in [5.41, 5.74) is 0. The normalized spacial score (nSPS) is 32.0. The molecule has 1 amide bonds. The summed E-state index contributed by atoms with van der Waals surface area (Å²) in [7, 11) is 0. The number of carbonyl (C=O) groups excluding carboxylic acids is 1. The molecule has 2 aliphatic rings. The van der Waals surface area contributed by atoms with Crippen molar-refractivity contribution in [3.05, 3.63) is 0 Å². The average Bonchev–Trinajstić information content (AvgIpc) is 2.58. The predicted molar refractivity (Wildman–Crippen MR) is 51.2 cm³/mol. The Balaban J connectivity index is 1.84. The summed E-state index contributed by atoms with van der Waals surface area (Å²) in [4.78, 5) is 10.9. The van der Waals surface area contributed by atoms with Crippen LogP contribution in [0, 0.1) is 5.92 Å². The van der Waals surface area contributed by atoms with E-state index in [-0.39, 0.29) is 5.91 Å². The zero-order valence-electron chi connectivity index (χ0n) is 7.21. The van der Waals surface area contributed by atoms with Gasteiger partial charge in [0.1, 0.15) is 0 Å². The molecule has 0 aromatic carbocycles. The van der Waals surface area contributed by atoms with Crippen molar-refractivity contribution in [1.29, 1.82) is 0 Å². The summed E-state index contributed by atoms with van der Waals surface area (Å²) in [5, 5.41) is 3.66. The van der Waals surface area contributed by atoms with Crippen molar-refractivity contribution >= 4 is 17.7 Å². The van der Waals surface area contributed by atoms with Gasteiger partial charge in [0, 0.05) is 11.8 Å². The van der Waals surface area contributed by atoms with Crippen LogP contribution in [-0.4, -0.2) is 23.5 Å². The molecule has 2 nitrogen and oxygen atoms in total. The van der Waals surface area contributed by atoms with Crippen LogP contribution >= 0.6 is 11.8 Å². The van der Waals surface area contributed by atoms with Gasteiger partial charge in [-0.15, -0.1) is 11.8 Å². The first-order chi connectivity index (χ1) is 5.86. The lowest BCUT2D eigenvalue weighted by molar-refractivity contribution is -0.118. The SMILES string of the molecule is O=C1CS[C@H](C2CCCC2)CN1. The van der Waals surface area contributed by atoms with Gasteiger partial charge in [-0.2, -0.15) is 0 Å². The first-order valence-corrected chi connectivity index (χ1v) is 5.79. The summed E-state index contributed by atoms with van der Waals surface area (Å²) in [6, 6.07) is 0. The van der Waals surface area contributed by atoms with Crippen molar-refractivity contribution in [2.45, 2.75) is 30.9 Å². The Hall–Kier alpha value is -0.180. The van der Waals surface area contributed by atoms with Crippen LogP contribution in [0.4, 0.5) is 0 Å². The van der Waals surface area contributed by atoms with Crippen molar-refractivity contribution in [3.63, 3.8) is 0 Å². The number of thioether (sulfide) groups is 1. The quantitative estimate of drug-likeness (QED) is 0.669. The van der Waals surface area contributed by atoms with Crippen molar-refractivity contribution < 1.29 is 4.79 Å². The topological polar surface area (TPSA) is 29.1 Å². The summed E-state index contributed by atoms with van der Waals surface area (Å²) in [6.45, 7) is 0.911. The fourth-order valence-electron chi connectivity index (χ4n) is 2.14. The number of hydrogen-bond donors (Lipinski definition) is 1. The molecule has 1 heterocycles. The maximum atomic E-state index is 10.9. The lowest BCUT2D eigenvalue weighted by Gasteiger charge is -2.26. The van der Waals surface area contributed by atoms with Crippen LogP contribution in [0.15, 0.2) is 0 Å². The molecule has 0 bridgehead atoms. The summed E-state index contributed by atoms with van der Waals surface area (Å²) >= 11 is 1.86. The Morgan fingerprint density at radius 2 is 2.08 bits per heavy atom. The zero-order chi connectivity index (χ0) is 8.39. The molecule has 0 radical (unpaired) electrons. The van der Waals surface area contributed by atoms with Gasteiger partial charge in [-0.25, -0.2) is 0 Å². The lowest BCUT2D eigenvalue weighted by Crippen LogP contribution is -2.40. The van der Waals surface area contributed by atoms with Gasteiger partial charge in [-0.1, -0.05) is 12.8 Å². The highest BCUT2D eigenvalue weighted by Crippen LogP contribution is 2.34. The third kappa shape index (κ3) is 1.76. The van der Waals surface area contributed by atoms with E-state index in [0.29, 0.717) is 11.0 Å². The highest BCUT2D eigenvalue weighted by atomic mass is 32.2. The summed E-state index contributed by atoms with van der Waals surface area (Å²) < 4.78 is 0. The Labute approximate surface area is 77.5 Å². The summed E-state index contributed by atoms with van der Waals surface area (Å²) in [6.07, 6.45) is 5.56. The molecule has 12 heavy (non-hydrogen) atoms. The predicted octanol–water partition coefficient (Wildman–Crippen LogP) is 1.41. The molecule has 0 unspecified atom stereocenters.